The van der Waals surface area contributed by atoms with E-state index >= 15 is 0 Å². The van der Waals surface area contributed by atoms with E-state index in [1.165, 1.54) is 17.4 Å². The van der Waals surface area contributed by atoms with Gasteiger partial charge in [-0.25, -0.2) is 14.2 Å². The van der Waals surface area contributed by atoms with Gasteiger partial charge in [-0.05, 0) is 42.9 Å². The maximum Gasteiger partial charge on any atom is 0.317 e. The number of nitrogens with one attached hydrogen (secondary N) is 1. The molecular formula is C17H20FN3OS. The Bertz CT molecular complexity index is 662. The summed E-state index contributed by atoms with van der Waals surface area (Å²) in [7, 11) is 1.77. The zero-order valence-electron chi connectivity index (χ0n) is 13.0. The molecule has 0 aliphatic heterocycles. The molecule has 0 bridgehead atoms. The van der Waals surface area contributed by atoms with Crippen molar-refractivity contribution < 1.29 is 9.18 Å². The van der Waals surface area contributed by atoms with Crippen LogP contribution in [0.25, 0.3) is 0 Å². The molecule has 0 unspecified atom stereocenters. The van der Waals surface area contributed by atoms with Gasteiger partial charge < -0.3 is 10.2 Å². The average Bonchev–Trinajstić information content (AvgIpc) is 3.19. The van der Waals surface area contributed by atoms with Crippen molar-refractivity contribution in [2.45, 2.75) is 37.8 Å². The molecule has 1 aliphatic rings. The van der Waals surface area contributed by atoms with Crippen molar-refractivity contribution in [2.75, 3.05) is 7.05 Å². The van der Waals surface area contributed by atoms with Gasteiger partial charge in [0.1, 0.15) is 5.82 Å². The molecule has 0 radical (unpaired) electrons. The molecule has 0 spiro atoms. The van der Waals surface area contributed by atoms with E-state index < -0.39 is 0 Å². The Balaban J connectivity index is 1.52. The lowest BCUT2D eigenvalue weighted by Gasteiger charge is -2.20. The van der Waals surface area contributed by atoms with Gasteiger partial charge in [0.2, 0.25) is 0 Å². The zero-order chi connectivity index (χ0) is 16.2. The highest BCUT2D eigenvalue weighted by atomic mass is 32.1. The summed E-state index contributed by atoms with van der Waals surface area (Å²) in [6, 6.07) is 6.84. The predicted molar refractivity (Wildman–Crippen MR) is 88.9 cm³/mol. The second-order valence-electron chi connectivity index (χ2n) is 6.05. The molecule has 1 aromatic carbocycles. The fraction of sp³-hybridized carbons (Fsp3) is 0.412. The number of hydrogen-bond donors (Lipinski definition) is 1. The van der Waals surface area contributed by atoms with Crippen molar-refractivity contribution in [3.63, 3.8) is 0 Å². The molecule has 1 heterocycles. The molecule has 3 rings (SSSR count). The number of amides is 2. The Hall–Kier alpha value is -1.95. The van der Waals surface area contributed by atoms with Crippen LogP contribution in [0.4, 0.5) is 9.18 Å². The van der Waals surface area contributed by atoms with Gasteiger partial charge in [0.15, 0.2) is 0 Å². The number of nitrogens with zero attached hydrogens (tertiary/aromatic N) is 2. The van der Waals surface area contributed by atoms with E-state index in [2.05, 4.69) is 10.3 Å². The molecule has 4 nitrogen and oxygen atoms in total. The van der Waals surface area contributed by atoms with E-state index in [9.17, 15) is 9.18 Å². The third-order valence-electron chi connectivity index (χ3n) is 4.31. The molecule has 0 saturated heterocycles. The third kappa shape index (κ3) is 4.07. The van der Waals surface area contributed by atoms with Gasteiger partial charge in [0.05, 0.1) is 17.7 Å². The summed E-state index contributed by atoms with van der Waals surface area (Å²) in [4.78, 5) is 18.1. The second-order valence-corrected chi connectivity index (χ2v) is 6.77. The van der Waals surface area contributed by atoms with E-state index in [0.717, 1.165) is 30.5 Å². The number of carbonyl (C=O) groups is 1. The summed E-state index contributed by atoms with van der Waals surface area (Å²) < 4.78 is 13.3. The smallest absolute Gasteiger partial charge is 0.317 e. The lowest BCUT2D eigenvalue weighted by molar-refractivity contribution is 0.202. The Kier molecular flexibility index (Phi) is 4.91. The molecule has 1 fully saturated rings. The van der Waals surface area contributed by atoms with E-state index in [0.29, 0.717) is 12.5 Å². The van der Waals surface area contributed by atoms with E-state index in [1.54, 1.807) is 29.6 Å². The maximum atomic E-state index is 13.3. The normalized spacial score (nSPS) is 20.4. The second kappa shape index (κ2) is 7.08. The fourth-order valence-corrected chi connectivity index (χ4v) is 3.64. The van der Waals surface area contributed by atoms with E-state index in [4.69, 9.17) is 0 Å². The third-order valence-corrected chi connectivity index (χ3v) is 4.94. The highest BCUT2D eigenvalue weighted by Gasteiger charge is 2.28. The number of aromatic nitrogens is 1. The highest BCUT2D eigenvalue weighted by Crippen LogP contribution is 2.34. The number of rotatable bonds is 4. The summed E-state index contributed by atoms with van der Waals surface area (Å²) in [5.74, 6) is 0.123. The van der Waals surface area contributed by atoms with Crippen molar-refractivity contribution in [1.29, 1.82) is 0 Å². The number of halogens is 1. The Morgan fingerprint density at radius 1 is 1.48 bits per heavy atom. The van der Waals surface area contributed by atoms with Crippen LogP contribution in [0.5, 0.6) is 0 Å². The Morgan fingerprint density at radius 3 is 3.09 bits per heavy atom. The number of benzene rings is 1. The molecule has 1 aromatic heterocycles. The van der Waals surface area contributed by atoms with Gasteiger partial charge in [-0.3, -0.25) is 0 Å². The summed E-state index contributed by atoms with van der Waals surface area (Å²) in [6.45, 7) is 0.509. The molecule has 1 aliphatic carbocycles. The van der Waals surface area contributed by atoms with Crippen LogP contribution in [0.15, 0.2) is 35.2 Å². The van der Waals surface area contributed by atoms with Gasteiger partial charge in [-0.15, -0.1) is 11.3 Å². The zero-order valence-corrected chi connectivity index (χ0v) is 13.9. The highest BCUT2D eigenvalue weighted by molar-refractivity contribution is 7.07. The number of urea groups is 1. The fourth-order valence-electron chi connectivity index (χ4n) is 3.09. The van der Waals surface area contributed by atoms with E-state index in [-0.39, 0.29) is 17.9 Å². The van der Waals surface area contributed by atoms with Gasteiger partial charge in [-0.2, -0.15) is 0 Å². The van der Waals surface area contributed by atoms with Crippen molar-refractivity contribution >= 4 is 17.4 Å². The predicted octanol–water partition coefficient (Wildman–Crippen LogP) is 3.76. The first-order valence-electron chi connectivity index (χ1n) is 7.76. The molecule has 23 heavy (non-hydrogen) atoms. The summed E-state index contributed by atoms with van der Waals surface area (Å²) in [6.07, 6.45) is 2.77. The molecule has 2 aromatic rings. The lowest BCUT2D eigenvalue weighted by atomic mass is 9.97. The van der Waals surface area contributed by atoms with Gasteiger partial charge >= 0.3 is 6.03 Å². The van der Waals surface area contributed by atoms with Crippen LogP contribution in [0.2, 0.25) is 0 Å². The largest absolute Gasteiger partial charge is 0.335 e. The summed E-state index contributed by atoms with van der Waals surface area (Å²) in [5, 5.41) is 5.02. The number of carbonyl (C=O) groups excluding carboxylic acids is 1. The first kappa shape index (κ1) is 15.9. The van der Waals surface area contributed by atoms with E-state index in [1.807, 2.05) is 11.4 Å². The summed E-state index contributed by atoms with van der Waals surface area (Å²) >= 11 is 1.53. The molecule has 6 heteroatoms. The van der Waals surface area contributed by atoms with Crippen molar-refractivity contribution in [3.05, 3.63) is 52.2 Å². The molecule has 122 valence electrons. The first-order chi connectivity index (χ1) is 11.1. The van der Waals surface area contributed by atoms with Crippen LogP contribution >= 0.6 is 11.3 Å². The minimum Gasteiger partial charge on any atom is -0.335 e. The monoisotopic (exact) mass is 333 g/mol. The van der Waals surface area contributed by atoms with Crippen molar-refractivity contribution in [3.8, 4) is 0 Å². The quantitative estimate of drug-likeness (QED) is 0.926. The van der Waals surface area contributed by atoms with Crippen LogP contribution in [-0.2, 0) is 6.54 Å². The Labute approximate surface area is 139 Å². The SMILES string of the molecule is CN(Cc1cscn1)C(=O)N[C@H]1CC[C@@H](c2cccc(F)c2)C1. The molecule has 1 saturated carbocycles. The van der Waals surface area contributed by atoms with Crippen LogP contribution in [0.1, 0.15) is 36.4 Å². The lowest BCUT2D eigenvalue weighted by Crippen LogP contribution is -2.41. The first-order valence-corrected chi connectivity index (χ1v) is 8.70. The van der Waals surface area contributed by atoms with Gasteiger partial charge in [0.25, 0.3) is 0 Å². The van der Waals surface area contributed by atoms with Crippen molar-refractivity contribution in [1.82, 2.24) is 15.2 Å². The standard InChI is InChI=1S/C17H20FN3OS/c1-21(9-16-10-23-11-19-16)17(22)20-15-6-5-13(8-15)12-3-2-4-14(18)7-12/h2-4,7,10-11,13,15H,5-6,8-9H2,1H3,(H,20,22)/t13-,15+/m1/s1. The average molecular weight is 333 g/mol. The number of hydrogen-bond acceptors (Lipinski definition) is 3. The van der Waals surface area contributed by atoms with Gasteiger partial charge in [0, 0.05) is 18.5 Å². The summed E-state index contributed by atoms with van der Waals surface area (Å²) in [5.41, 5.74) is 3.69. The van der Waals surface area contributed by atoms with Crippen LogP contribution in [0.3, 0.4) is 0 Å². The molecule has 2 atom stereocenters. The molecular weight excluding hydrogens is 313 g/mol. The maximum absolute atomic E-state index is 13.3. The van der Waals surface area contributed by atoms with Crippen LogP contribution in [0, 0.1) is 5.82 Å². The van der Waals surface area contributed by atoms with Gasteiger partial charge in [-0.1, -0.05) is 12.1 Å². The Morgan fingerprint density at radius 2 is 2.35 bits per heavy atom. The molecule has 2 amide bonds. The minimum absolute atomic E-state index is 0.0807. The molecule has 1 N–H and O–H groups in total. The minimum atomic E-state index is -0.196. The topological polar surface area (TPSA) is 45.2 Å². The van der Waals surface area contributed by atoms with Crippen LogP contribution < -0.4 is 5.32 Å². The van der Waals surface area contributed by atoms with Crippen LogP contribution in [-0.4, -0.2) is 29.0 Å². The van der Waals surface area contributed by atoms with Crippen molar-refractivity contribution in [2.24, 2.45) is 0 Å². The number of thiazole rings is 1.